The standard InChI is InChI=1S/C14H26N2O3S2/c1-14(2,11-5-4-6-15-9-11)13(17)16-7-8-20-10-12(16)21(3,18)19/h11-12,15H,4-10H2,1-3H3. The first kappa shape index (κ1) is 17.1. The zero-order valence-electron chi connectivity index (χ0n) is 13.1. The van der Waals surface area contributed by atoms with Crippen molar-refractivity contribution in [3.8, 4) is 0 Å². The molecule has 21 heavy (non-hydrogen) atoms. The maximum absolute atomic E-state index is 13.0. The molecule has 0 aromatic carbocycles. The van der Waals surface area contributed by atoms with Gasteiger partial charge >= 0.3 is 0 Å². The third kappa shape index (κ3) is 3.74. The fourth-order valence-corrected chi connectivity index (χ4v) is 6.00. The summed E-state index contributed by atoms with van der Waals surface area (Å²) in [5.41, 5.74) is -0.516. The zero-order valence-corrected chi connectivity index (χ0v) is 14.7. The molecule has 5 nitrogen and oxygen atoms in total. The van der Waals surface area contributed by atoms with Gasteiger partial charge in [0, 0.05) is 29.7 Å². The molecule has 2 aliphatic heterocycles. The summed E-state index contributed by atoms with van der Waals surface area (Å²) in [7, 11) is -3.24. The summed E-state index contributed by atoms with van der Waals surface area (Å²) in [5, 5.41) is 2.68. The van der Waals surface area contributed by atoms with E-state index in [1.165, 1.54) is 6.26 Å². The van der Waals surface area contributed by atoms with Gasteiger partial charge in [-0.2, -0.15) is 11.8 Å². The number of carbonyl (C=O) groups excluding carboxylic acids is 1. The summed E-state index contributed by atoms with van der Waals surface area (Å²) in [4.78, 5) is 14.6. The van der Waals surface area contributed by atoms with Gasteiger partial charge in [0.05, 0.1) is 0 Å². The van der Waals surface area contributed by atoms with Crippen molar-refractivity contribution < 1.29 is 13.2 Å². The van der Waals surface area contributed by atoms with Gasteiger partial charge in [-0.3, -0.25) is 4.79 Å². The van der Waals surface area contributed by atoms with Crippen molar-refractivity contribution in [1.82, 2.24) is 10.2 Å². The third-order valence-electron chi connectivity index (χ3n) is 4.71. The SMILES string of the molecule is CC(C)(C(=O)N1CCSCC1S(C)(=O)=O)C1CCCNC1. The number of rotatable bonds is 3. The number of thioether (sulfide) groups is 1. The Morgan fingerprint density at radius 1 is 1.38 bits per heavy atom. The number of carbonyl (C=O) groups is 1. The average molecular weight is 335 g/mol. The van der Waals surface area contributed by atoms with Crippen LogP contribution in [0.15, 0.2) is 0 Å². The number of hydrogen-bond acceptors (Lipinski definition) is 5. The number of amides is 1. The molecular formula is C14H26N2O3S2. The molecule has 0 spiro atoms. The van der Waals surface area contributed by atoms with Crippen LogP contribution in [0.3, 0.4) is 0 Å². The van der Waals surface area contributed by atoms with E-state index in [1.54, 1.807) is 16.7 Å². The topological polar surface area (TPSA) is 66.5 Å². The summed E-state index contributed by atoms with van der Waals surface area (Å²) in [6.45, 7) is 6.31. The van der Waals surface area contributed by atoms with Crippen LogP contribution in [0, 0.1) is 11.3 Å². The maximum Gasteiger partial charge on any atom is 0.229 e. The normalized spacial score (nSPS) is 28.4. The zero-order chi connectivity index (χ0) is 15.7. The van der Waals surface area contributed by atoms with Gasteiger partial charge in [-0.1, -0.05) is 13.8 Å². The second-order valence-electron chi connectivity index (χ2n) is 6.62. The van der Waals surface area contributed by atoms with Crippen LogP contribution in [0.25, 0.3) is 0 Å². The van der Waals surface area contributed by atoms with Crippen molar-refractivity contribution in [2.75, 3.05) is 37.4 Å². The van der Waals surface area contributed by atoms with Gasteiger partial charge < -0.3 is 10.2 Å². The minimum absolute atomic E-state index is 0.00748. The summed E-state index contributed by atoms with van der Waals surface area (Å²) in [6, 6.07) is 0. The molecule has 2 rings (SSSR count). The number of hydrogen-bond donors (Lipinski definition) is 1. The molecule has 0 aliphatic carbocycles. The highest BCUT2D eigenvalue weighted by atomic mass is 32.2. The first-order valence-electron chi connectivity index (χ1n) is 7.53. The number of piperidine rings is 1. The van der Waals surface area contributed by atoms with Crippen molar-refractivity contribution in [2.45, 2.75) is 32.1 Å². The van der Waals surface area contributed by atoms with E-state index in [1.807, 2.05) is 13.8 Å². The molecule has 2 saturated heterocycles. The molecule has 0 radical (unpaired) electrons. The second kappa shape index (κ2) is 6.46. The predicted molar refractivity (Wildman–Crippen MR) is 87.0 cm³/mol. The van der Waals surface area contributed by atoms with Gasteiger partial charge in [-0.05, 0) is 31.8 Å². The van der Waals surface area contributed by atoms with E-state index in [4.69, 9.17) is 0 Å². The Balaban J connectivity index is 2.19. The van der Waals surface area contributed by atoms with Gasteiger partial charge in [0.1, 0.15) is 5.37 Å². The molecule has 7 heteroatoms. The number of sulfone groups is 1. The highest BCUT2D eigenvalue weighted by Crippen LogP contribution is 2.35. The lowest BCUT2D eigenvalue weighted by molar-refractivity contribution is -0.144. The van der Waals surface area contributed by atoms with Crippen LogP contribution in [0.2, 0.25) is 0 Å². The molecule has 2 atom stereocenters. The summed E-state index contributed by atoms with van der Waals surface area (Å²) in [6.07, 6.45) is 3.34. The maximum atomic E-state index is 13.0. The van der Waals surface area contributed by atoms with Crippen molar-refractivity contribution in [3.05, 3.63) is 0 Å². The highest BCUT2D eigenvalue weighted by Gasteiger charge is 2.44. The fraction of sp³-hybridized carbons (Fsp3) is 0.929. The van der Waals surface area contributed by atoms with Gasteiger partial charge in [-0.25, -0.2) is 8.42 Å². The Bertz CT molecular complexity index is 484. The average Bonchev–Trinajstić information content (AvgIpc) is 2.46. The van der Waals surface area contributed by atoms with E-state index in [2.05, 4.69) is 5.32 Å². The smallest absolute Gasteiger partial charge is 0.229 e. The molecular weight excluding hydrogens is 308 g/mol. The van der Waals surface area contributed by atoms with E-state index >= 15 is 0 Å². The van der Waals surface area contributed by atoms with Crippen molar-refractivity contribution in [3.63, 3.8) is 0 Å². The van der Waals surface area contributed by atoms with E-state index in [9.17, 15) is 13.2 Å². The molecule has 1 amide bonds. The predicted octanol–water partition coefficient (Wildman–Crippen LogP) is 0.958. The van der Waals surface area contributed by atoms with E-state index in [0.29, 0.717) is 12.3 Å². The van der Waals surface area contributed by atoms with Crippen LogP contribution in [-0.4, -0.2) is 62.0 Å². The molecule has 0 saturated carbocycles. The lowest BCUT2D eigenvalue weighted by Crippen LogP contribution is -2.56. The Labute approximate surface area is 132 Å². The molecule has 0 aromatic rings. The largest absolute Gasteiger partial charge is 0.324 e. The molecule has 122 valence electrons. The molecule has 2 heterocycles. The Morgan fingerprint density at radius 2 is 2.10 bits per heavy atom. The van der Waals surface area contributed by atoms with Crippen LogP contribution < -0.4 is 5.32 Å². The monoisotopic (exact) mass is 334 g/mol. The van der Waals surface area contributed by atoms with Crippen LogP contribution in [0.1, 0.15) is 26.7 Å². The minimum atomic E-state index is -3.24. The lowest BCUT2D eigenvalue weighted by Gasteiger charge is -2.43. The van der Waals surface area contributed by atoms with E-state index in [0.717, 1.165) is 31.7 Å². The number of nitrogens with one attached hydrogen (secondary N) is 1. The van der Waals surface area contributed by atoms with Crippen LogP contribution in [-0.2, 0) is 14.6 Å². The van der Waals surface area contributed by atoms with E-state index in [-0.39, 0.29) is 11.8 Å². The first-order chi connectivity index (χ1) is 9.74. The molecule has 0 bridgehead atoms. The number of nitrogens with zero attached hydrogens (tertiary/aromatic N) is 1. The lowest BCUT2D eigenvalue weighted by atomic mass is 9.74. The summed E-state index contributed by atoms with van der Waals surface area (Å²) >= 11 is 1.61. The molecule has 2 aliphatic rings. The van der Waals surface area contributed by atoms with Gasteiger partial charge in [0.2, 0.25) is 5.91 Å². The van der Waals surface area contributed by atoms with Crippen molar-refractivity contribution >= 4 is 27.5 Å². The molecule has 0 aromatic heterocycles. The Morgan fingerprint density at radius 3 is 2.67 bits per heavy atom. The van der Waals surface area contributed by atoms with Gasteiger partial charge in [-0.15, -0.1) is 0 Å². The van der Waals surface area contributed by atoms with Crippen molar-refractivity contribution in [2.24, 2.45) is 11.3 Å². The Hall–Kier alpha value is -0.270. The molecule has 2 fully saturated rings. The second-order valence-corrected chi connectivity index (χ2v) is 9.98. The molecule has 2 unspecified atom stereocenters. The van der Waals surface area contributed by atoms with E-state index < -0.39 is 20.6 Å². The molecule has 1 N–H and O–H groups in total. The van der Waals surface area contributed by atoms with Crippen LogP contribution in [0.5, 0.6) is 0 Å². The fourth-order valence-electron chi connectivity index (χ4n) is 3.18. The summed E-state index contributed by atoms with van der Waals surface area (Å²) in [5.74, 6) is 1.57. The summed E-state index contributed by atoms with van der Waals surface area (Å²) < 4.78 is 24.0. The third-order valence-corrected chi connectivity index (χ3v) is 7.35. The quantitative estimate of drug-likeness (QED) is 0.833. The Kier molecular flexibility index (Phi) is 5.26. The van der Waals surface area contributed by atoms with Crippen LogP contribution >= 0.6 is 11.8 Å². The first-order valence-corrected chi connectivity index (χ1v) is 10.6. The van der Waals surface area contributed by atoms with Crippen molar-refractivity contribution in [1.29, 1.82) is 0 Å². The van der Waals surface area contributed by atoms with Gasteiger partial charge in [0.25, 0.3) is 0 Å². The van der Waals surface area contributed by atoms with Crippen LogP contribution in [0.4, 0.5) is 0 Å². The van der Waals surface area contributed by atoms with Gasteiger partial charge in [0.15, 0.2) is 9.84 Å². The minimum Gasteiger partial charge on any atom is -0.324 e. The highest BCUT2D eigenvalue weighted by molar-refractivity contribution is 8.00.